The molecule has 9 nitrogen and oxygen atoms in total. The fourth-order valence-corrected chi connectivity index (χ4v) is 2.94. The molecule has 28 heavy (non-hydrogen) atoms. The van der Waals surface area contributed by atoms with Crippen molar-refractivity contribution in [1.29, 1.82) is 0 Å². The molecule has 0 heterocycles. The van der Waals surface area contributed by atoms with Crippen molar-refractivity contribution in [2.75, 3.05) is 0 Å². The average Bonchev–Trinajstić information content (AvgIpc) is 2.66. The minimum Gasteiger partial charge on any atom is -0.462 e. The quantitative estimate of drug-likeness (QED) is 0.262. The Morgan fingerprint density at radius 1 is 1.04 bits per heavy atom. The highest BCUT2D eigenvalue weighted by atomic mass is 31.1. The van der Waals surface area contributed by atoms with Crippen molar-refractivity contribution in [2.24, 2.45) is 0 Å². The molecule has 2 aromatic carbocycles. The first-order valence-corrected chi connectivity index (χ1v) is 9.53. The lowest BCUT2D eigenvalue weighted by Gasteiger charge is -2.18. The van der Waals surface area contributed by atoms with Gasteiger partial charge in [-0.05, 0) is 45.0 Å². The van der Waals surface area contributed by atoms with Crippen LogP contribution in [-0.2, 0) is 14.1 Å². The van der Waals surface area contributed by atoms with E-state index in [9.17, 15) is 19.5 Å². The maximum absolute atomic E-state index is 12.7. The number of non-ortho nitro benzene ring substituents is 1. The number of nitro benzene ring substituents is 1. The zero-order chi connectivity index (χ0) is 20.7. The Labute approximate surface area is 162 Å². The summed E-state index contributed by atoms with van der Waals surface area (Å²) in [6.07, 6.45) is -0.371. The predicted octanol–water partition coefficient (Wildman–Crippen LogP) is 4.27. The largest absolute Gasteiger partial charge is 0.703 e. The van der Waals surface area contributed by atoms with E-state index in [0.717, 1.165) is 4.83 Å². The second-order valence-corrected chi connectivity index (χ2v) is 7.00. The first-order chi connectivity index (χ1) is 13.3. The van der Waals surface area contributed by atoms with Crippen LogP contribution < -0.4 is 9.36 Å². The van der Waals surface area contributed by atoms with Gasteiger partial charge in [0.25, 0.3) is 5.69 Å². The zero-order valence-electron chi connectivity index (χ0n) is 15.6. The Morgan fingerprint density at radius 2 is 1.64 bits per heavy atom. The minimum absolute atomic E-state index is 0.129. The van der Waals surface area contributed by atoms with Crippen molar-refractivity contribution < 1.29 is 28.4 Å². The number of rotatable bonds is 9. The second-order valence-electron chi connectivity index (χ2n) is 5.95. The molecule has 0 saturated heterocycles. The van der Waals surface area contributed by atoms with E-state index in [1.54, 1.807) is 44.2 Å². The molecule has 2 unspecified atom stereocenters. The van der Waals surface area contributed by atoms with Crippen LogP contribution in [0.4, 0.5) is 5.69 Å². The van der Waals surface area contributed by atoms with Gasteiger partial charge in [-0.15, -0.1) is 0 Å². The van der Waals surface area contributed by atoms with Gasteiger partial charge >= 0.3 is 14.1 Å². The summed E-state index contributed by atoms with van der Waals surface area (Å²) in [6, 6.07) is 12.5. The predicted molar refractivity (Wildman–Crippen MR) is 101 cm³/mol. The van der Waals surface area contributed by atoms with E-state index in [4.69, 9.17) is 14.1 Å². The Hall–Kier alpha value is -3.03. The van der Waals surface area contributed by atoms with Crippen LogP contribution in [-0.4, -0.2) is 27.9 Å². The first kappa shape index (κ1) is 21.3. The van der Waals surface area contributed by atoms with Gasteiger partial charge < -0.3 is 9.57 Å². The number of carbonyl (C=O) groups excluding carboxylic acids is 1. The summed E-state index contributed by atoms with van der Waals surface area (Å²) in [4.78, 5) is 28.9. The minimum atomic E-state index is -2.63. The van der Waals surface area contributed by atoms with E-state index in [1.165, 1.54) is 31.2 Å². The zero-order valence-corrected chi connectivity index (χ0v) is 16.4. The van der Waals surface area contributed by atoms with Crippen LogP contribution in [0.25, 0.3) is 0 Å². The second kappa shape index (κ2) is 9.77. The molecule has 0 spiro atoms. The highest BCUT2D eigenvalue weighted by Crippen LogP contribution is 2.35. The van der Waals surface area contributed by atoms with Crippen molar-refractivity contribution in [3.63, 3.8) is 0 Å². The van der Waals surface area contributed by atoms with Gasteiger partial charge in [-0.3, -0.25) is 14.9 Å². The molecule has 0 fully saturated rings. The third-order valence-corrected chi connectivity index (χ3v) is 4.48. The molecule has 0 aliphatic carbocycles. The van der Waals surface area contributed by atoms with Gasteiger partial charge in [0, 0.05) is 16.7 Å². The topological polar surface area (TPSA) is 108 Å². The number of carbonyl (C=O) groups is 1. The molecule has 0 radical (unpaired) electrons. The van der Waals surface area contributed by atoms with Crippen molar-refractivity contribution in [3.8, 4) is 11.5 Å². The summed E-state index contributed by atoms with van der Waals surface area (Å²) in [7, 11) is -2.63. The lowest BCUT2D eigenvalue weighted by Crippen LogP contribution is -2.39. The summed E-state index contributed by atoms with van der Waals surface area (Å²) in [5.74, 6) is -0.183. The van der Waals surface area contributed by atoms with Gasteiger partial charge in [-0.1, -0.05) is 18.2 Å². The van der Waals surface area contributed by atoms with Crippen molar-refractivity contribution in [1.82, 2.24) is 4.83 Å². The Bertz CT molecular complexity index is 828. The summed E-state index contributed by atoms with van der Waals surface area (Å²) in [5.41, 5.74) is -0.129. The van der Waals surface area contributed by atoms with E-state index in [0.29, 0.717) is 5.75 Å². The third kappa shape index (κ3) is 6.00. The summed E-state index contributed by atoms with van der Waals surface area (Å²) in [6.45, 7) is 4.83. The van der Waals surface area contributed by atoms with Crippen LogP contribution in [0.3, 0.4) is 0 Å². The van der Waals surface area contributed by atoms with Crippen LogP contribution in [0.2, 0.25) is 0 Å². The molecule has 0 saturated carbocycles. The maximum atomic E-state index is 12.7. The molecule has 0 bridgehead atoms. The van der Waals surface area contributed by atoms with Gasteiger partial charge in [-0.25, -0.2) is 4.52 Å². The highest BCUT2D eigenvalue weighted by molar-refractivity contribution is 7.36. The van der Waals surface area contributed by atoms with Crippen molar-refractivity contribution >= 4 is 19.8 Å². The molecule has 2 aromatic rings. The van der Waals surface area contributed by atoms with E-state index in [2.05, 4.69) is 0 Å². The Balaban J connectivity index is 2.22. The van der Waals surface area contributed by atoms with E-state index < -0.39 is 25.1 Å². The molecule has 10 heteroatoms. The monoisotopic (exact) mass is 407 g/mol. The van der Waals surface area contributed by atoms with Crippen molar-refractivity contribution in [3.05, 3.63) is 64.7 Å². The molecule has 0 amide bonds. The smallest absolute Gasteiger partial charge is 0.462 e. The van der Waals surface area contributed by atoms with Crippen LogP contribution in [0.15, 0.2) is 54.6 Å². The van der Waals surface area contributed by atoms with Gasteiger partial charge in [-0.2, -0.15) is 0 Å². The number of hydroxylamine groups is 1. The lowest BCUT2D eigenvalue weighted by atomic mass is 10.3. The molecule has 0 aliphatic heterocycles. The number of hydrogen-bond acceptors (Lipinski definition) is 7. The maximum Gasteiger partial charge on any atom is 0.703 e. The molecule has 0 aromatic heterocycles. The van der Waals surface area contributed by atoms with Crippen LogP contribution in [0.5, 0.6) is 11.5 Å². The van der Waals surface area contributed by atoms with Crippen molar-refractivity contribution in [2.45, 2.75) is 32.9 Å². The standard InChI is InChI=1S/C18H20N2O7P/c1-13(2)25-18(21)14(3)20(28(24)27-17-7-5-4-6-8-17)26-16-11-9-15(10-12-16)19(22)23/h4-14H,1-3H3/q+1. The number of nitro groups is 1. The summed E-state index contributed by atoms with van der Waals surface area (Å²) in [5, 5.41) is 10.8. The van der Waals surface area contributed by atoms with E-state index >= 15 is 0 Å². The molecule has 0 N–H and O–H groups in total. The number of ether oxygens (including phenoxy) is 1. The van der Waals surface area contributed by atoms with Crippen LogP contribution in [0, 0.1) is 10.1 Å². The molecule has 2 atom stereocenters. The fourth-order valence-electron chi connectivity index (χ4n) is 2.02. The van der Waals surface area contributed by atoms with Gasteiger partial charge in [0.15, 0.2) is 17.5 Å². The Kier molecular flexibility index (Phi) is 7.43. The van der Waals surface area contributed by atoms with Gasteiger partial charge in [0.05, 0.1) is 11.0 Å². The van der Waals surface area contributed by atoms with Gasteiger partial charge in [0.2, 0.25) is 0 Å². The molecule has 0 aliphatic rings. The normalized spacial score (nSPS) is 12.4. The molecular formula is C18H20N2O7P+. The van der Waals surface area contributed by atoms with Crippen LogP contribution >= 0.6 is 8.18 Å². The molecule has 2 rings (SSSR count). The Morgan fingerprint density at radius 3 is 2.18 bits per heavy atom. The fraction of sp³-hybridized carbons (Fsp3) is 0.278. The number of hydrogen-bond donors (Lipinski definition) is 0. The number of esters is 1. The number of nitrogens with zero attached hydrogens (tertiary/aromatic N) is 2. The van der Waals surface area contributed by atoms with E-state index in [-0.39, 0.29) is 17.5 Å². The average molecular weight is 407 g/mol. The number of benzene rings is 2. The molecule has 148 valence electrons. The first-order valence-electron chi connectivity index (χ1n) is 8.40. The lowest BCUT2D eigenvalue weighted by molar-refractivity contribution is -0.384. The summed E-state index contributed by atoms with van der Waals surface area (Å²) < 4.78 is 23.3. The molecular weight excluding hydrogens is 387 g/mol. The number of para-hydroxylation sites is 1. The van der Waals surface area contributed by atoms with Crippen LogP contribution in [0.1, 0.15) is 20.8 Å². The highest BCUT2D eigenvalue weighted by Gasteiger charge is 2.44. The SMILES string of the molecule is CC(C)OC(=O)C(C)N(Oc1ccc([N+](=O)[O-])cc1)[P+](=O)Oc1ccccc1. The third-order valence-electron chi connectivity index (χ3n) is 3.36. The van der Waals surface area contributed by atoms with Gasteiger partial charge in [0.1, 0.15) is 4.83 Å². The van der Waals surface area contributed by atoms with E-state index in [1.807, 2.05) is 0 Å². The summed E-state index contributed by atoms with van der Waals surface area (Å²) >= 11 is 0.